The van der Waals surface area contributed by atoms with Crippen LogP contribution in [-0.2, 0) is 4.79 Å². The fourth-order valence-electron chi connectivity index (χ4n) is 1.95. The standard InChI is InChI=1S/C11H21N3O/c1-11(2,10(15)13-3)8-14-7-5-4-6-9(14)12/h12H,4-8H2,1-3H3,(H,13,15). The highest BCUT2D eigenvalue weighted by molar-refractivity contribution is 5.84. The van der Waals surface area contributed by atoms with E-state index in [4.69, 9.17) is 5.41 Å². The molecular formula is C11H21N3O. The van der Waals surface area contributed by atoms with Gasteiger partial charge >= 0.3 is 0 Å². The number of likely N-dealkylation sites (tertiary alicyclic amines) is 1. The van der Waals surface area contributed by atoms with Crippen molar-refractivity contribution in [2.75, 3.05) is 20.1 Å². The van der Waals surface area contributed by atoms with Gasteiger partial charge in [-0.25, -0.2) is 0 Å². The SMILES string of the molecule is CNC(=O)C(C)(C)CN1CCCCC1=N. The largest absolute Gasteiger partial charge is 0.359 e. The van der Waals surface area contributed by atoms with Crippen molar-refractivity contribution >= 4 is 11.7 Å². The van der Waals surface area contributed by atoms with Crippen molar-refractivity contribution in [2.24, 2.45) is 5.41 Å². The molecule has 0 saturated carbocycles. The lowest BCUT2D eigenvalue weighted by molar-refractivity contribution is -0.129. The Morgan fingerprint density at radius 2 is 2.20 bits per heavy atom. The highest BCUT2D eigenvalue weighted by Crippen LogP contribution is 2.20. The molecule has 4 heteroatoms. The number of amides is 1. The number of piperidine rings is 1. The molecule has 0 aliphatic carbocycles. The van der Waals surface area contributed by atoms with Gasteiger partial charge in [0.2, 0.25) is 5.91 Å². The van der Waals surface area contributed by atoms with Gasteiger partial charge in [0.25, 0.3) is 0 Å². The van der Waals surface area contributed by atoms with E-state index < -0.39 is 5.41 Å². The monoisotopic (exact) mass is 211 g/mol. The van der Waals surface area contributed by atoms with Gasteiger partial charge < -0.3 is 10.2 Å². The summed E-state index contributed by atoms with van der Waals surface area (Å²) in [6.07, 6.45) is 3.09. The second-order valence-electron chi connectivity index (χ2n) is 4.79. The Kier molecular flexibility index (Phi) is 3.72. The fourth-order valence-corrected chi connectivity index (χ4v) is 1.95. The number of nitrogens with one attached hydrogen (secondary N) is 2. The van der Waals surface area contributed by atoms with E-state index >= 15 is 0 Å². The van der Waals surface area contributed by atoms with Gasteiger partial charge in [0.1, 0.15) is 0 Å². The van der Waals surface area contributed by atoms with Crippen LogP contribution in [-0.4, -0.2) is 36.8 Å². The molecule has 0 aromatic carbocycles. The maximum absolute atomic E-state index is 11.6. The number of carbonyl (C=O) groups excluding carboxylic acids is 1. The molecule has 0 atom stereocenters. The van der Waals surface area contributed by atoms with Gasteiger partial charge in [0.05, 0.1) is 11.3 Å². The first-order chi connectivity index (χ1) is 6.97. The summed E-state index contributed by atoms with van der Waals surface area (Å²) in [5.41, 5.74) is -0.418. The number of rotatable bonds is 3. The van der Waals surface area contributed by atoms with Crippen molar-refractivity contribution in [3.8, 4) is 0 Å². The first kappa shape index (κ1) is 12.0. The van der Waals surface area contributed by atoms with E-state index in [2.05, 4.69) is 5.32 Å². The molecule has 1 aliphatic heterocycles. The van der Waals surface area contributed by atoms with E-state index in [-0.39, 0.29) is 5.91 Å². The van der Waals surface area contributed by atoms with Crippen LogP contribution in [0, 0.1) is 10.8 Å². The van der Waals surface area contributed by atoms with Crippen molar-refractivity contribution in [3.05, 3.63) is 0 Å². The lowest BCUT2D eigenvalue weighted by Crippen LogP contribution is -2.47. The minimum Gasteiger partial charge on any atom is -0.359 e. The highest BCUT2D eigenvalue weighted by atomic mass is 16.2. The van der Waals surface area contributed by atoms with Crippen LogP contribution in [0.5, 0.6) is 0 Å². The number of carbonyl (C=O) groups is 1. The van der Waals surface area contributed by atoms with Crippen molar-refractivity contribution in [2.45, 2.75) is 33.1 Å². The summed E-state index contributed by atoms with van der Waals surface area (Å²) in [6, 6.07) is 0. The van der Waals surface area contributed by atoms with Crippen molar-refractivity contribution in [1.82, 2.24) is 10.2 Å². The summed E-state index contributed by atoms with van der Waals surface area (Å²) in [4.78, 5) is 13.6. The molecule has 0 aromatic rings. The van der Waals surface area contributed by atoms with Crippen LogP contribution in [0.4, 0.5) is 0 Å². The van der Waals surface area contributed by atoms with Gasteiger partial charge in [-0.1, -0.05) is 0 Å². The van der Waals surface area contributed by atoms with Gasteiger partial charge in [-0.3, -0.25) is 10.2 Å². The van der Waals surface area contributed by atoms with E-state index in [1.165, 1.54) is 0 Å². The van der Waals surface area contributed by atoms with Crippen LogP contribution in [0.3, 0.4) is 0 Å². The van der Waals surface area contributed by atoms with Crippen molar-refractivity contribution in [3.63, 3.8) is 0 Å². The maximum atomic E-state index is 11.6. The molecule has 1 fully saturated rings. The van der Waals surface area contributed by atoms with E-state index in [1.807, 2.05) is 18.7 Å². The zero-order chi connectivity index (χ0) is 11.5. The molecule has 1 amide bonds. The number of hydrogen-bond donors (Lipinski definition) is 2. The fraction of sp³-hybridized carbons (Fsp3) is 0.818. The normalized spacial score (nSPS) is 17.8. The topological polar surface area (TPSA) is 56.2 Å². The molecule has 0 radical (unpaired) electrons. The molecule has 2 N–H and O–H groups in total. The Bertz CT molecular complexity index is 261. The van der Waals surface area contributed by atoms with Crippen LogP contribution >= 0.6 is 0 Å². The lowest BCUT2D eigenvalue weighted by atomic mass is 9.90. The molecule has 86 valence electrons. The molecule has 1 aliphatic rings. The summed E-state index contributed by atoms with van der Waals surface area (Å²) in [5, 5.41) is 10.5. The van der Waals surface area contributed by atoms with Gasteiger partial charge in [-0.15, -0.1) is 0 Å². The van der Waals surface area contributed by atoms with Crippen molar-refractivity contribution < 1.29 is 4.79 Å². The van der Waals surface area contributed by atoms with E-state index in [1.54, 1.807) is 7.05 Å². The molecule has 0 unspecified atom stereocenters. The Balaban J connectivity index is 2.59. The zero-order valence-corrected chi connectivity index (χ0v) is 9.89. The number of hydrogen-bond acceptors (Lipinski definition) is 2. The average Bonchev–Trinajstić information content (AvgIpc) is 2.20. The Labute approximate surface area is 91.5 Å². The first-order valence-electron chi connectivity index (χ1n) is 5.52. The Hall–Kier alpha value is -1.06. The quantitative estimate of drug-likeness (QED) is 0.737. The first-order valence-corrected chi connectivity index (χ1v) is 5.52. The van der Waals surface area contributed by atoms with Gasteiger partial charge in [-0.2, -0.15) is 0 Å². The number of amidine groups is 1. The third-order valence-electron chi connectivity index (χ3n) is 2.90. The molecule has 0 aromatic heterocycles. The van der Waals surface area contributed by atoms with E-state index in [0.29, 0.717) is 12.4 Å². The second-order valence-corrected chi connectivity index (χ2v) is 4.79. The summed E-state index contributed by atoms with van der Waals surface area (Å²) in [5.74, 6) is 0.721. The second kappa shape index (κ2) is 4.64. The average molecular weight is 211 g/mol. The van der Waals surface area contributed by atoms with Gasteiger partial charge in [0, 0.05) is 26.6 Å². The minimum atomic E-state index is -0.418. The maximum Gasteiger partial charge on any atom is 0.227 e. The number of nitrogens with zero attached hydrogens (tertiary/aromatic N) is 1. The smallest absolute Gasteiger partial charge is 0.227 e. The summed E-state index contributed by atoms with van der Waals surface area (Å²) in [6.45, 7) is 5.41. The van der Waals surface area contributed by atoms with Gasteiger partial charge in [-0.05, 0) is 26.7 Å². The summed E-state index contributed by atoms with van der Waals surface area (Å²) < 4.78 is 0. The molecule has 4 nitrogen and oxygen atoms in total. The predicted octanol–water partition coefficient (Wildman–Crippen LogP) is 1.22. The summed E-state index contributed by atoms with van der Waals surface area (Å²) >= 11 is 0. The molecule has 0 bridgehead atoms. The van der Waals surface area contributed by atoms with Crippen LogP contribution in [0.25, 0.3) is 0 Å². The third kappa shape index (κ3) is 2.94. The lowest BCUT2D eigenvalue weighted by Gasteiger charge is -2.35. The predicted molar refractivity (Wildman–Crippen MR) is 61.0 cm³/mol. The zero-order valence-electron chi connectivity index (χ0n) is 9.89. The molecule has 0 spiro atoms. The Morgan fingerprint density at radius 3 is 2.73 bits per heavy atom. The van der Waals surface area contributed by atoms with Crippen LogP contribution in [0.15, 0.2) is 0 Å². The molecule has 1 saturated heterocycles. The Morgan fingerprint density at radius 1 is 1.53 bits per heavy atom. The molecule has 15 heavy (non-hydrogen) atoms. The highest BCUT2D eigenvalue weighted by Gasteiger charge is 2.30. The van der Waals surface area contributed by atoms with Gasteiger partial charge in [0.15, 0.2) is 0 Å². The van der Waals surface area contributed by atoms with Crippen LogP contribution in [0.2, 0.25) is 0 Å². The third-order valence-corrected chi connectivity index (χ3v) is 2.90. The van der Waals surface area contributed by atoms with Crippen LogP contribution in [0.1, 0.15) is 33.1 Å². The summed E-state index contributed by atoms with van der Waals surface area (Å²) in [7, 11) is 1.66. The van der Waals surface area contributed by atoms with E-state index in [0.717, 1.165) is 25.8 Å². The molecule has 1 heterocycles. The minimum absolute atomic E-state index is 0.0425. The van der Waals surface area contributed by atoms with E-state index in [9.17, 15) is 4.79 Å². The van der Waals surface area contributed by atoms with Crippen LogP contribution < -0.4 is 5.32 Å². The van der Waals surface area contributed by atoms with Crippen molar-refractivity contribution in [1.29, 1.82) is 5.41 Å². The molecular weight excluding hydrogens is 190 g/mol. The molecule has 1 rings (SSSR count).